The van der Waals surface area contributed by atoms with Crippen LogP contribution in [0.3, 0.4) is 0 Å². The van der Waals surface area contributed by atoms with Crippen LogP contribution in [0.25, 0.3) is 0 Å². The lowest BCUT2D eigenvalue weighted by Gasteiger charge is -2.10. The summed E-state index contributed by atoms with van der Waals surface area (Å²) < 4.78 is 37.4. The number of amides is 1. The molecule has 1 heterocycles. The molecule has 0 spiro atoms. The second kappa shape index (κ2) is 5.12. The number of rotatable bonds is 2. The lowest BCUT2D eigenvalue weighted by atomic mass is 10.2. The molecule has 2 rings (SSSR count). The van der Waals surface area contributed by atoms with Crippen molar-refractivity contribution < 1.29 is 18.0 Å². The number of aromatic nitrogens is 3. The van der Waals surface area contributed by atoms with Crippen molar-refractivity contribution in [1.82, 2.24) is 15.2 Å². The van der Waals surface area contributed by atoms with Gasteiger partial charge in [0.25, 0.3) is 5.91 Å². The number of benzene rings is 1. The number of nitrogens with one attached hydrogen (secondary N) is 2. The predicted octanol–water partition coefficient (Wildman–Crippen LogP) is 3.04. The molecule has 9 heteroatoms. The van der Waals surface area contributed by atoms with Crippen LogP contribution in [-0.4, -0.2) is 21.1 Å². The van der Waals surface area contributed by atoms with E-state index in [0.29, 0.717) is 5.82 Å². The van der Waals surface area contributed by atoms with Crippen molar-refractivity contribution in [3.05, 3.63) is 40.4 Å². The second-order valence-electron chi connectivity index (χ2n) is 3.89. The Morgan fingerprint density at radius 3 is 2.60 bits per heavy atom. The maximum Gasteiger partial charge on any atom is 0.416 e. The first-order valence-corrected chi connectivity index (χ1v) is 5.72. The fourth-order valence-electron chi connectivity index (χ4n) is 1.42. The van der Waals surface area contributed by atoms with Gasteiger partial charge in [0.15, 0.2) is 0 Å². The van der Waals surface area contributed by atoms with Gasteiger partial charge in [0.2, 0.25) is 5.82 Å². The molecular formula is C11H8ClF3N4O. The smallest absolute Gasteiger partial charge is 0.318 e. The Hall–Kier alpha value is -2.09. The molecule has 5 nitrogen and oxygen atoms in total. The zero-order valence-corrected chi connectivity index (χ0v) is 10.8. The summed E-state index contributed by atoms with van der Waals surface area (Å²) in [5.41, 5.74) is -0.846. The minimum absolute atomic E-state index is 0.0483. The van der Waals surface area contributed by atoms with Gasteiger partial charge in [0, 0.05) is 0 Å². The Morgan fingerprint density at radius 2 is 2.10 bits per heavy atom. The summed E-state index contributed by atoms with van der Waals surface area (Å²) in [6.45, 7) is 1.61. The first-order valence-electron chi connectivity index (χ1n) is 5.34. The van der Waals surface area contributed by atoms with E-state index < -0.39 is 17.6 Å². The van der Waals surface area contributed by atoms with Crippen LogP contribution in [0, 0.1) is 6.92 Å². The van der Waals surface area contributed by atoms with E-state index in [1.54, 1.807) is 6.92 Å². The normalized spacial score (nSPS) is 11.4. The van der Waals surface area contributed by atoms with Crippen LogP contribution in [0.2, 0.25) is 5.02 Å². The Bertz CT molecular complexity index is 653. The molecule has 2 aromatic rings. The van der Waals surface area contributed by atoms with E-state index in [4.69, 9.17) is 11.6 Å². The van der Waals surface area contributed by atoms with Crippen LogP contribution in [0.5, 0.6) is 0 Å². The molecule has 0 aliphatic carbocycles. The van der Waals surface area contributed by atoms with Gasteiger partial charge in [-0.3, -0.25) is 9.89 Å². The number of anilines is 1. The maximum atomic E-state index is 12.5. The van der Waals surface area contributed by atoms with Crippen LogP contribution in [0.15, 0.2) is 18.2 Å². The fraction of sp³-hybridized carbons (Fsp3) is 0.182. The molecule has 0 bridgehead atoms. The molecule has 0 aliphatic rings. The number of aromatic amines is 1. The molecule has 1 aromatic heterocycles. The third-order valence-corrected chi connectivity index (χ3v) is 2.66. The van der Waals surface area contributed by atoms with E-state index >= 15 is 0 Å². The topological polar surface area (TPSA) is 70.7 Å². The third kappa shape index (κ3) is 3.08. The van der Waals surface area contributed by atoms with Crippen LogP contribution >= 0.6 is 11.6 Å². The van der Waals surface area contributed by atoms with Crippen molar-refractivity contribution in [2.24, 2.45) is 0 Å². The van der Waals surface area contributed by atoms with Gasteiger partial charge < -0.3 is 5.32 Å². The highest BCUT2D eigenvalue weighted by molar-refractivity contribution is 6.34. The van der Waals surface area contributed by atoms with Crippen molar-refractivity contribution in [3.8, 4) is 0 Å². The zero-order valence-electron chi connectivity index (χ0n) is 10.0. The average Bonchev–Trinajstić information content (AvgIpc) is 2.77. The molecule has 0 atom stereocenters. The number of aryl methyl sites for hydroxylation is 1. The van der Waals surface area contributed by atoms with E-state index in [1.807, 2.05) is 0 Å². The molecule has 20 heavy (non-hydrogen) atoms. The molecule has 0 saturated heterocycles. The highest BCUT2D eigenvalue weighted by Gasteiger charge is 2.31. The Kier molecular flexibility index (Phi) is 3.67. The van der Waals surface area contributed by atoms with Gasteiger partial charge in [-0.25, -0.2) is 4.98 Å². The van der Waals surface area contributed by atoms with Gasteiger partial charge >= 0.3 is 6.18 Å². The summed E-state index contributed by atoms with van der Waals surface area (Å²) in [4.78, 5) is 15.5. The lowest BCUT2D eigenvalue weighted by molar-refractivity contribution is -0.137. The van der Waals surface area contributed by atoms with Crippen molar-refractivity contribution in [3.63, 3.8) is 0 Å². The number of carbonyl (C=O) groups excluding carboxylic acids is 1. The van der Waals surface area contributed by atoms with Crippen LogP contribution in [-0.2, 0) is 6.18 Å². The summed E-state index contributed by atoms with van der Waals surface area (Å²) >= 11 is 5.71. The van der Waals surface area contributed by atoms with Gasteiger partial charge in [-0.1, -0.05) is 11.6 Å². The molecule has 106 valence electrons. The standard InChI is InChI=1S/C11H8ClF3N4O/c1-5-16-9(19-18-5)10(20)17-8-3-2-6(4-7(8)12)11(13,14)15/h2-4H,1H3,(H,17,20)(H,16,18,19). The fourth-order valence-corrected chi connectivity index (χ4v) is 1.64. The highest BCUT2D eigenvalue weighted by atomic mass is 35.5. The van der Waals surface area contributed by atoms with Gasteiger partial charge in [-0.15, -0.1) is 5.10 Å². The number of alkyl halides is 3. The minimum Gasteiger partial charge on any atom is -0.318 e. The average molecular weight is 305 g/mol. The Labute approximate surface area is 116 Å². The quantitative estimate of drug-likeness (QED) is 0.896. The highest BCUT2D eigenvalue weighted by Crippen LogP contribution is 2.33. The number of nitrogens with zero attached hydrogens (tertiary/aromatic N) is 2. The number of halogens is 4. The second-order valence-corrected chi connectivity index (χ2v) is 4.30. The number of hydrogen-bond acceptors (Lipinski definition) is 3. The number of hydrogen-bond donors (Lipinski definition) is 2. The molecule has 0 radical (unpaired) electrons. The summed E-state index contributed by atoms with van der Waals surface area (Å²) in [5, 5.41) is 8.22. The molecule has 1 amide bonds. The third-order valence-electron chi connectivity index (χ3n) is 2.34. The van der Waals surface area contributed by atoms with E-state index in [2.05, 4.69) is 20.5 Å². The van der Waals surface area contributed by atoms with Gasteiger partial charge in [-0.05, 0) is 25.1 Å². The van der Waals surface area contributed by atoms with Crippen molar-refractivity contribution in [1.29, 1.82) is 0 Å². The zero-order chi connectivity index (χ0) is 14.9. The van der Waals surface area contributed by atoms with E-state index in [1.165, 1.54) is 0 Å². The van der Waals surface area contributed by atoms with Crippen molar-refractivity contribution >= 4 is 23.2 Å². The lowest BCUT2D eigenvalue weighted by Crippen LogP contribution is -2.14. The van der Waals surface area contributed by atoms with Crippen molar-refractivity contribution in [2.75, 3.05) is 5.32 Å². The SMILES string of the molecule is Cc1nc(C(=O)Nc2ccc(C(F)(F)F)cc2Cl)n[nH]1. The molecule has 0 saturated carbocycles. The van der Waals surface area contributed by atoms with Crippen LogP contribution in [0.4, 0.5) is 18.9 Å². The first-order chi connectivity index (χ1) is 9.27. The summed E-state index contributed by atoms with van der Waals surface area (Å²) in [7, 11) is 0. The minimum atomic E-state index is -4.49. The number of carbonyl (C=O) groups is 1. The number of H-pyrrole nitrogens is 1. The monoisotopic (exact) mass is 304 g/mol. The Morgan fingerprint density at radius 1 is 1.40 bits per heavy atom. The maximum absolute atomic E-state index is 12.5. The first kappa shape index (κ1) is 14.3. The Balaban J connectivity index is 2.20. The molecule has 0 unspecified atom stereocenters. The predicted molar refractivity (Wildman–Crippen MR) is 65.5 cm³/mol. The van der Waals surface area contributed by atoms with Crippen LogP contribution in [0.1, 0.15) is 22.0 Å². The van der Waals surface area contributed by atoms with E-state index in [9.17, 15) is 18.0 Å². The van der Waals surface area contributed by atoms with E-state index in [0.717, 1.165) is 18.2 Å². The van der Waals surface area contributed by atoms with Gasteiger partial charge in [-0.2, -0.15) is 13.2 Å². The van der Waals surface area contributed by atoms with Crippen LogP contribution < -0.4 is 5.32 Å². The summed E-state index contributed by atoms with van der Waals surface area (Å²) in [6.07, 6.45) is -4.49. The molecule has 1 aromatic carbocycles. The molecular weight excluding hydrogens is 297 g/mol. The largest absolute Gasteiger partial charge is 0.416 e. The van der Waals surface area contributed by atoms with Crippen molar-refractivity contribution in [2.45, 2.75) is 13.1 Å². The molecule has 2 N–H and O–H groups in total. The molecule has 0 aliphatic heterocycles. The summed E-state index contributed by atoms with van der Waals surface area (Å²) in [5.74, 6) is -0.358. The molecule has 0 fully saturated rings. The van der Waals surface area contributed by atoms with E-state index in [-0.39, 0.29) is 16.5 Å². The van der Waals surface area contributed by atoms with Gasteiger partial charge in [0.1, 0.15) is 5.82 Å². The van der Waals surface area contributed by atoms with Gasteiger partial charge in [0.05, 0.1) is 16.3 Å². The summed E-state index contributed by atoms with van der Waals surface area (Å²) in [6, 6.07) is 2.63.